The molecule has 10 heteroatoms. The molecule has 0 atom stereocenters. The van der Waals surface area contributed by atoms with Crippen molar-refractivity contribution in [3.8, 4) is 0 Å². The number of carbonyl (C=O) groups is 2. The fourth-order valence-electron chi connectivity index (χ4n) is 3.16. The van der Waals surface area contributed by atoms with Crippen LogP contribution in [0.2, 0.25) is 5.02 Å². The smallest absolute Gasteiger partial charge is 0.410 e. The third-order valence-corrected chi connectivity index (χ3v) is 6.38. The first-order valence-electron chi connectivity index (χ1n) is 10.1. The van der Waals surface area contributed by atoms with E-state index < -0.39 is 21.7 Å². The average molecular weight is 480 g/mol. The minimum Gasteiger partial charge on any atom is -0.444 e. The Labute approximate surface area is 193 Å². The van der Waals surface area contributed by atoms with Crippen LogP contribution in [0.3, 0.4) is 0 Å². The van der Waals surface area contributed by atoms with E-state index in [9.17, 15) is 18.0 Å². The summed E-state index contributed by atoms with van der Waals surface area (Å²) < 4.78 is 33.4. The Kier molecular flexibility index (Phi) is 7.00. The summed E-state index contributed by atoms with van der Waals surface area (Å²) in [6, 6.07) is 12.2. The number of ether oxygens (including phenoxy) is 1. The standard InChI is InChI=1S/C22H26ClN3O5S/c1-22(2,3)31-21(28)26-14-12-25(13-15-26)20(27)18-6-4-5-7-19(18)24-32(29,30)17-10-8-16(23)9-11-17/h4-11,24H,12-15H2,1-3H3. The van der Waals surface area contributed by atoms with Gasteiger partial charge in [-0.15, -0.1) is 0 Å². The highest BCUT2D eigenvalue weighted by Crippen LogP contribution is 2.23. The zero-order valence-electron chi connectivity index (χ0n) is 18.2. The molecule has 1 aliphatic rings. The molecule has 0 aromatic heterocycles. The summed E-state index contributed by atoms with van der Waals surface area (Å²) in [5, 5.41) is 0.421. The maximum Gasteiger partial charge on any atom is 0.410 e. The quantitative estimate of drug-likeness (QED) is 0.718. The van der Waals surface area contributed by atoms with Crippen molar-refractivity contribution in [2.45, 2.75) is 31.3 Å². The molecule has 0 radical (unpaired) electrons. The van der Waals surface area contributed by atoms with Crippen LogP contribution >= 0.6 is 11.6 Å². The van der Waals surface area contributed by atoms with Gasteiger partial charge in [0.15, 0.2) is 0 Å². The Hall–Kier alpha value is -2.78. The van der Waals surface area contributed by atoms with E-state index in [0.717, 1.165) is 0 Å². The Balaban J connectivity index is 1.71. The molecule has 2 aromatic rings. The molecule has 0 aliphatic carbocycles. The second kappa shape index (κ2) is 9.38. The van der Waals surface area contributed by atoms with Gasteiger partial charge in [0.1, 0.15) is 5.60 Å². The van der Waals surface area contributed by atoms with E-state index in [1.807, 2.05) is 0 Å². The zero-order chi connectivity index (χ0) is 23.5. The fourth-order valence-corrected chi connectivity index (χ4v) is 4.37. The number of hydrogen-bond donors (Lipinski definition) is 1. The first-order chi connectivity index (χ1) is 15.0. The first-order valence-corrected chi connectivity index (χ1v) is 12.0. The lowest BCUT2D eigenvalue weighted by molar-refractivity contribution is 0.0141. The van der Waals surface area contributed by atoms with Gasteiger partial charge >= 0.3 is 6.09 Å². The summed E-state index contributed by atoms with van der Waals surface area (Å²) in [5.41, 5.74) is -0.178. The normalized spacial score (nSPS) is 14.8. The Bertz CT molecular complexity index is 1090. The number of piperazine rings is 1. The van der Waals surface area contributed by atoms with Gasteiger partial charge in [-0.05, 0) is 57.2 Å². The van der Waals surface area contributed by atoms with Crippen molar-refractivity contribution >= 4 is 39.3 Å². The van der Waals surface area contributed by atoms with Crippen molar-refractivity contribution in [2.24, 2.45) is 0 Å². The summed E-state index contributed by atoms with van der Waals surface area (Å²) in [4.78, 5) is 28.6. The first kappa shape index (κ1) is 23.9. The lowest BCUT2D eigenvalue weighted by atomic mass is 10.1. The minimum absolute atomic E-state index is 0.0372. The van der Waals surface area contributed by atoms with Crippen LogP contribution in [0, 0.1) is 0 Å². The van der Waals surface area contributed by atoms with E-state index in [0.29, 0.717) is 31.2 Å². The van der Waals surface area contributed by atoms with Crippen molar-refractivity contribution in [3.05, 3.63) is 59.1 Å². The monoisotopic (exact) mass is 479 g/mol. The molecule has 172 valence electrons. The lowest BCUT2D eigenvalue weighted by Crippen LogP contribution is -2.51. The molecule has 2 amide bonds. The number of para-hydroxylation sites is 1. The summed E-state index contributed by atoms with van der Waals surface area (Å²) in [7, 11) is -3.90. The Morgan fingerprint density at radius 1 is 0.938 bits per heavy atom. The Morgan fingerprint density at radius 2 is 1.50 bits per heavy atom. The summed E-state index contributed by atoms with van der Waals surface area (Å²) in [6.45, 7) is 6.69. The second-order valence-electron chi connectivity index (χ2n) is 8.36. The van der Waals surface area contributed by atoms with Crippen LogP contribution in [-0.2, 0) is 14.8 Å². The Morgan fingerprint density at radius 3 is 2.09 bits per heavy atom. The van der Waals surface area contributed by atoms with Gasteiger partial charge in [-0.1, -0.05) is 23.7 Å². The van der Waals surface area contributed by atoms with Gasteiger partial charge in [0.25, 0.3) is 15.9 Å². The van der Waals surface area contributed by atoms with Crippen LogP contribution in [0.25, 0.3) is 0 Å². The van der Waals surface area contributed by atoms with Crippen LogP contribution in [0.4, 0.5) is 10.5 Å². The van der Waals surface area contributed by atoms with Crippen molar-refractivity contribution in [1.82, 2.24) is 9.80 Å². The van der Waals surface area contributed by atoms with Crippen molar-refractivity contribution in [2.75, 3.05) is 30.9 Å². The van der Waals surface area contributed by atoms with E-state index in [2.05, 4.69) is 4.72 Å². The van der Waals surface area contributed by atoms with Crippen molar-refractivity contribution in [3.63, 3.8) is 0 Å². The van der Waals surface area contributed by atoms with Gasteiger partial charge in [0.05, 0.1) is 16.1 Å². The predicted octanol–water partition coefficient (Wildman–Crippen LogP) is 3.83. The molecule has 0 unspecified atom stereocenters. The molecule has 1 aliphatic heterocycles. The van der Waals surface area contributed by atoms with Gasteiger partial charge in [-0.25, -0.2) is 13.2 Å². The number of carbonyl (C=O) groups excluding carboxylic acids is 2. The summed E-state index contributed by atoms with van der Waals surface area (Å²) in [6.07, 6.45) is -0.416. The van der Waals surface area contributed by atoms with Crippen molar-refractivity contribution < 1.29 is 22.7 Å². The maximum absolute atomic E-state index is 13.1. The van der Waals surface area contributed by atoms with E-state index in [-0.39, 0.29) is 22.1 Å². The van der Waals surface area contributed by atoms with Gasteiger partial charge < -0.3 is 14.5 Å². The number of nitrogens with one attached hydrogen (secondary N) is 1. The van der Waals surface area contributed by atoms with E-state index >= 15 is 0 Å². The third kappa shape index (κ3) is 5.92. The molecule has 1 N–H and O–H groups in total. The molecular formula is C22H26ClN3O5S. The molecule has 32 heavy (non-hydrogen) atoms. The van der Waals surface area contributed by atoms with Crippen LogP contribution in [0.15, 0.2) is 53.4 Å². The number of hydrogen-bond acceptors (Lipinski definition) is 5. The molecule has 1 fully saturated rings. The van der Waals surface area contributed by atoms with Crippen LogP contribution in [0.1, 0.15) is 31.1 Å². The number of sulfonamides is 1. The molecule has 0 saturated carbocycles. The number of nitrogens with zero attached hydrogens (tertiary/aromatic N) is 2. The van der Waals surface area contributed by atoms with Crippen molar-refractivity contribution in [1.29, 1.82) is 0 Å². The molecular weight excluding hydrogens is 454 g/mol. The van der Waals surface area contributed by atoms with E-state index in [4.69, 9.17) is 16.3 Å². The zero-order valence-corrected chi connectivity index (χ0v) is 19.7. The second-order valence-corrected chi connectivity index (χ2v) is 10.5. The van der Waals surface area contributed by atoms with Gasteiger partial charge in [-0.2, -0.15) is 0 Å². The summed E-state index contributed by atoms with van der Waals surface area (Å²) in [5.74, 6) is -0.316. The number of halogens is 1. The number of rotatable bonds is 4. The molecule has 0 spiro atoms. The van der Waals surface area contributed by atoms with E-state index in [1.165, 1.54) is 30.3 Å². The van der Waals surface area contributed by atoms with E-state index in [1.54, 1.807) is 48.8 Å². The maximum atomic E-state index is 13.1. The highest BCUT2D eigenvalue weighted by Gasteiger charge is 2.29. The minimum atomic E-state index is -3.90. The SMILES string of the molecule is CC(C)(C)OC(=O)N1CCN(C(=O)c2ccccc2NS(=O)(=O)c2ccc(Cl)cc2)CC1. The molecule has 2 aromatic carbocycles. The van der Waals surface area contributed by atoms with Gasteiger partial charge in [-0.3, -0.25) is 9.52 Å². The third-order valence-electron chi connectivity index (χ3n) is 4.74. The number of anilines is 1. The largest absolute Gasteiger partial charge is 0.444 e. The molecule has 8 nitrogen and oxygen atoms in total. The summed E-state index contributed by atoms with van der Waals surface area (Å²) >= 11 is 5.84. The molecule has 1 saturated heterocycles. The molecule has 3 rings (SSSR count). The molecule has 1 heterocycles. The van der Waals surface area contributed by atoms with Crippen LogP contribution < -0.4 is 4.72 Å². The predicted molar refractivity (Wildman–Crippen MR) is 122 cm³/mol. The van der Waals surface area contributed by atoms with Gasteiger partial charge in [0, 0.05) is 31.2 Å². The number of benzene rings is 2. The van der Waals surface area contributed by atoms with Crippen LogP contribution in [-0.4, -0.2) is 62.0 Å². The highest BCUT2D eigenvalue weighted by atomic mass is 35.5. The number of amides is 2. The highest BCUT2D eigenvalue weighted by molar-refractivity contribution is 7.92. The fraction of sp³-hybridized carbons (Fsp3) is 0.364. The topological polar surface area (TPSA) is 96.0 Å². The average Bonchev–Trinajstić information content (AvgIpc) is 2.72. The van der Waals surface area contributed by atoms with Crippen LogP contribution in [0.5, 0.6) is 0 Å². The molecule has 0 bridgehead atoms. The van der Waals surface area contributed by atoms with Gasteiger partial charge in [0.2, 0.25) is 0 Å². The lowest BCUT2D eigenvalue weighted by Gasteiger charge is -2.35.